The van der Waals surface area contributed by atoms with Crippen LogP contribution in [0.3, 0.4) is 0 Å². The number of rotatable bonds is 3. The molecule has 0 spiro atoms. The summed E-state index contributed by atoms with van der Waals surface area (Å²) in [5, 5.41) is 6.86. The molecule has 0 aliphatic carbocycles. The number of benzene rings is 2. The van der Waals surface area contributed by atoms with Gasteiger partial charge in [-0.2, -0.15) is 4.98 Å². The predicted molar refractivity (Wildman–Crippen MR) is 108 cm³/mol. The molecule has 4 rings (SSSR count). The maximum atomic E-state index is 12.9. The van der Waals surface area contributed by atoms with Crippen LogP contribution < -0.4 is 11.1 Å². The van der Waals surface area contributed by atoms with E-state index in [-0.39, 0.29) is 17.2 Å². The van der Waals surface area contributed by atoms with Crippen molar-refractivity contribution >= 4 is 22.7 Å². The largest absolute Gasteiger partial charge is 0.419 e. The van der Waals surface area contributed by atoms with Gasteiger partial charge in [0.25, 0.3) is 11.8 Å². The lowest BCUT2D eigenvalue weighted by molar-refractivity contribution is 0.102. The zero-order valence-corrected chi connectivity index (χ0v) is 16.5. The first kappa shape index (κ1) is 18.7. The Labute approximate surface area is 166 Å². The molecule has 0 aliphatic rings. The molecular formula is C21H20N4O4. The van der Waals surface area contributed by atoms with Crippen molar-refractivity contribution in [1.29, 1.82) is 0 Å². The van der Waals surface area contributed by atoms with E-state index in [2.05, 4.69) is 15.5 Å². The van der Waals surface area contributed by atoms with Gasteiger partial charge in [-0.1, -0.05) is 38.1 Å². The van der Waals surface area contributed by atoms with Crippen LogP contribution in [-0.4, -0.2) is 20.6 Å². The molecule has 0 bridgehead atoms. The molecule has 148 valence electrons. The summed E-state index contributed by atoms with van der Waals surface area (Å²) < 4.78 is 12.0. The minimum Gasteiger partial charge on any atom is -0.408 e. The van der Waals surface area contributed by atoms with E-state index in [0.29, 0.717) is 33.7 Å². The number of aryl methyl sites for hydroxylation is 1. The highest BCUT2D eigenvalue weighted by Gasteiger charge is 2.23. The fourth-order valence-electron chi connectivity index (χ4n) is 2.92. The Morgan fingerprint density at radius 1 is 1.14 bits per heavy atom. The van der Waals surface area contributed by atoms with Crippen molar-refractivity contribution in [3.05, 3.63) is 64.4 Å². The maximum Gasteiger partial charge on any atom is 0.419 e. The number of oxazole rings is 1. The van der Waals surface area contributed by atoms with E-state index in [1.165, 1.54) is 4.57 Å². The molecule has 0 aliphatic heterocycles. The van der Waals surface area contributed by atoms with Crippen LogP contribution in [-0.2, 0) is 12.5 Å². The molecule has 1 N–H and O–H groups in total. The number of nitrogens with zero attached hydrogens (tertiary/aromatic N) is 3. The highest BCUT2D eigenvalue weighted by Crippen LogP contribution is 2.27. The summed E-state index contributed by atoms with van der Waals surface area (Å²) in [6.45, 7) is 5.95. The molecule has 2 aromatic carbocycles. The minimum absolute atomic E-state index is 0.270. The van der Waals surface area contributed by atoms with Gasteiger partial charge in [-0.15, -0.1) is 0 Å². The minimum atomic E-state index is -0.458. The first-order valence-corrected chi connectivity index (χ1v) is 9.08. The number of aromatic nitrogens is 3. The van der Waals surface area contributed by atoms with Gasteiger partial charge < -0.3 is 14.3 Å². The number of hydrogen-bond donors (Lipinski definition) is 1. The molecular weight excluding hydrogens is 372 g/mol. The van der Waals surface area contributed by atoms with Crippen molar-refractivity contribution in [3.63, 3.8) is 0 Å². The average Bonchev–Trinajstić information content (AvgIpc) is 3.27. The van der Waals surface area contributed by atoms with Gasteiger partial charge in [-0.25, -0.2) is 4.79 Å². The third kappa shape index (κ3) is 3.44. The second kappa shape index (κ2) is 6.73. The molecule has 8 nitrogen and oxygen atoms in total. The van der Waals surface area contributed by atoms with E-state index in [1.807, 2.05) is 20.8 Å². The van der Waals surface area contributed by atoms with Crippen molar-refractivity contribution in [1.82, 2.24) is 14.7 Å². The van der Waals surface area contributed by atoms with Gasteiger partial charge in [0.1, 0.15) is 0 Å². The van der Waals surface area contributed by atoms with Gasteiger partial charge in [0.05, 0.1) is 16.6 Å². The standard InChI is InChI=1S/C21H20N4O4/c1-21(2,3)19-23-18(29-24-19)14-8-6-5-7-13(14)17(26)22-12-9-10-15-16(11-12)28-20(27)25(15)4/h5-11H,1-4H3,(H,22,26). The quantitative estimate of drug-likeness (QED) is 0.570. The fraction of sp³-hybridized carbons (Fsp3) is 0.238. The van der Waals surface area contributed by atoms with E-state index in [9.17, 15) is 9.59 Å². The second-order valence-electron chi connectivity index (χ2n) is 7.78. The van der Waals surface area contributed by atoms with Gasteiger partial charge >= 0.3 is 5.76 Å². The Hall–Kier alpha value is -3.68. The van der Waals surface area contributed by atoms with Crippen LogP contribution >= 0.6 is 0 Å². The van der Waals surface area contributed by atoms with Crippen LogP contribution in [0, 0.1) is 0 Å². The monoisotopic (exact) mass is 392 g/mol. The lowest BCUT2D eigenvalue weighted by Gasteiger charge is -2.11. The van der Waals surface area contributed by atoms with E-state index in [0.717, 1.165) is 0 Å². The Balaban J connectivity index is 1.66. The molecule has 4 aromatic rings. The van der Waals surface area contributed by atoms with Crippen LogP contribution in [0.2, 0.25) is 0 Å². The first-order valence-electron chi connectivity index (χ1n) is 9.08. The van der Waals surface area contributed by atoms with E-state index in [4.69, 9.17) is 8.94 Å². The third-order valence-corrected chi connectivity index (χ3v) is 4.55. The molecule has 0 unspecified atom stereocenters. The van der Waals surface area contributed by atoms with Gasteiger partial charge in [-0.3, -0.25) is 9.36 Å². The lowest BCUT2D eigenvalue weighted by Crippen LogP contribution is -2.14. The normalized spacial score (nSPS) is 11.7. The summed E-state index contributed by atoms with van der Waals surface area (Å²) in [6.07, 6.45) is 0. The Morgan fingerprint density at radius 3 is 2.62 bits per heavy atom. The summed E-state index contributed by atoms with van der Waals surface area (Å²) in [7, 11) is 1.62. The van der Waals surface area contributed by atoms with Crippen molar-refractivity contribution < 1.29 is 13.7 Å². The number of amides is 1. The molecule has 1 amide bonds. The van der Waals surface area contributed by atoms with Crippen LogP contribution in [0.15, 0.2) is 56.2 Å². The number of nitrogens with one attached hydrogen (secondary N) is 1. The highest BCUT2D eigenvalue weighted by atomic mass is 16.5. The third-order valence-electron chi connectivity index (χ3n) is 4.55. The van der Waals surface area contributed by atoms with E-state index < -0.39 is 5.76 Å². The van der Waals surface area contributed by atoms with E-state index in [1.54, 1.807) is 49.5 Å². The van der Waals surface area contributed by atoms with Gasteiger partial charge in [-0.05, 0) is 24.3 Å². The zero-order chi connectivity index (χ0) is 20.8. The summed E-state index contributed by atoms with van der Waals surface area (Å²) in [5.74, 6) is 0.0473. The number of carbonyl (C=O) groups excluding carboxylic acids is 1. The van der Waals surface area contributed by atoms with Crippen molar-refractivity contribution in [2.45, 2.75) is 26.2 Å². The Morgan fingerprint density at radius 2 is 1.90 bits per heavy atom. The molecule has 0 radical (unpaired) electrons. The Bertz CT molecular complexity index is 1270. The van der Waals surface area contributed by atoms with Crippen molar-refractivity contribution in [2.75, 3.05) is 5.32 Å². The molecule has 0 saturated carbocycles. The van der Waals surface area contributed by atoms with Crippen LogP contribution in [0.4, 0.5) is 5.69 Å². The zero-order valence-electron chi connectivity index (χ0n) is 16.5. The molecule has 2 aromatic heterocycles. The maximum absolute atomic E-state index is 12.9. The van der Waals surface area contributed by atoms with Crippen LogP contribution in [0.1, 0.15) is 37.0 Å². The van der Waals surface area contributed by atoms with Gasteiger partial charge in [0.15, 0.2) is 11.4 Å². The molecule has 29 heavy (non-hydrogen) atoms. The number of anilines is 1. The summed E-state index contributed by atoms with van der Waals surface area (Å²) in [4.78, 5) is 29.0. The highest BCUT2D eigenvalue weighted by molar-refractivity contribution is 6.08. The molecule has 8 heteroatoms. The van der Waals surface area contributed by atoms with Crippen LogP contribution in [0.25, 0.3) is 22.6 Å². The molecule has 0 saturated heterocycles. The van der Waals surface area contributed by atoms with Crippen molar-refractivity contribution in [3.8, 4) is 11.5 Å². The van der Waals surface area contributed by atoms with E-state index >= 15 is 0 Å². The van der Waals surface area contributed by atoms with Gasteiger partial charge in [0.2, 0.25) is 0 Å². The first-order chi connectivity index (χ1) is 13.7. The lowest BCUT2D eigenvalue weighted by atomic mass is 9.96. The molecule has 2 heterocycles. The number of hydrogen-bond acceptors (Lipinski definition) is 6. The topological polar surface area (TPSA) is 103 Å². The van der Waals surface area contributed by atoms with Gasteiger partial charge in [0, 0.05) is 24.2 Å². The molecule has 0 fully saturated rings. The number of carbonyl (C=O) groups is 1. The van der Waals surface area contributed by atoms with Crippen molar-refractivity contribution in [2.24, 2.45) is 7.05 Å². The van der Waals surface area contributed by atoms with Crippen LogP contribution in [0.5, 0.6) is 0 Å². The summed E-state index contributed by atoms with van der Waals surface area (Å²) in [6, 6.07) is 12.1. The second-order valence-corrected chi connectivity index (χ2v) is 7.78. The number of fused-ring (bicyclic) bond motifs is 1. The summed E-state index contributed by atoms with van der Waals surface area (Å²) >= 11 is 0. The predicted octanol–water partition coefficient (Wildman–Crippen LogP) is 3.73. The SMILES string of the molecule is Cn1c(=O)oc2cc(NC(=O)c3ccccc3-c3nc(C(C)(C)C)no3)ccc21. The smallest absolute Gasteiger partial charge is 0.408 e. The fourth-order valence-corrected chi connectivity index (χ4v) is 2.92. The summed E-state index contributed by atoms with van der Waals surface area (Å²) in [5.41, 5.74) is 2.22. The average molecular weight is 392 g/mol. The Kier molecular flexibility index (Phi) is 4.34. The molecule has 0 atom stereocenters.